The highest BCUT2D eigenvalue weighted by Gasteiger charge is 2.08. The maximum atomic E-state index is 10.1. The smallest absolute Gasteiger partial charge is 0.0790 e. The van der Waals surface area contributed by atoms with Crippen LogP contribution in [-0.4, -0.2) is 5.11 Å². The molecule has 1 heteroatoms. The number of aliphatic hydroxyl groups excluding tert-OH is 1. The molecule has 1 N–H and O–H groups in total. The normalized spacial score (nSPS) is 12.6. The molecule has 2 aromatic rings. The van der Waals surface area contributed by atoms with E-state index in [4.69, 9.17) is 0 Å². The van der Waals surface area contributed by atoms with Crippen molar-refractivity contribution in [1.29, 1.82) is 0 Å². The number of rotatable bonds is 5. The van der Waals surface area contributed by atoms with Crippen LogP contribution in [0.2, 0.25) is 0 Å². The number of hydrogen-bond acceptors (Lipinski definition) is 1. The van der Waals surface area contributed by atoms with Gasteiger partial charge in [0.05, 0.1) is 6.10 Å². The molecule has 1 unspecified atom stereocenters. The molecule has 0 aliphatic rings. The van der Waals surface area contributed by atoms with Crippen LogP contribution >= 0.6 is 0 Å². The van der Waals surface area contributed by atoms with E-state index in [0.717, 1.165) is 18.4 Å². The first-order chi connectivity index (χ1) is 9.16. The molecule has 1 nitrogen and oxygen atoms in total. The van der Waals surface area contributed by atoms with Crippen molar-refractivity contribution in [2.75, 3.05) is 0 Å². The highest BCUT2D eigenvalue weighted by Crippen LogP contribution is 2.24. The Kier molecular flexibility index (Phi) is 4.75. The summed E-state index contributed by atoms with van der Waals surface area (Å²) in [7, 11) is 0. The molecule has 19 heavy (non-hydrogen) atoms. The average Bonchev–Trinajstić information content (AvgIpc) is 2.46. The van der Waals surface area contributed by atoms with Gasteiger partial charge in [-0.25, -0.2) is 0 Å². The largest absolute Gasteiger partial charge is 0.388 e. The third kappa shape index (κ3) is 3.93. The van der Waals surface area contributed by atoms with Crippen LogP contribution < -0.4 is 0 Å². The Bertz CT molecular complexity index is 485. The van der Waals surface area contributed by atoms with Crippen molar-refractivity contribution in [3.8, 4) is 11.1 Å². The summed E-state index contributed by atoms with van der Waals surface area (Å²) >= 11 is 0. The summed E-state index contributed by atoms with van der Waals surface area (Å²) in [6.07, 6.45) is 1.55. The summed E-state index contributed by atoms with van der Waals surface area (Å²) in [5, 5.41) is 10.1. The number of aliphatic hydroxyl groups is 1. The second-order valence-electron chi connectivity index (χ2n) is 5.48. The molecule has 0 fully saturated rings. The van der Waals surface area contributed by atoms with Crippen molar-refractivity contribution in [2.45, 2.75) is 32.8 Å². The Labute approximate surface area is 115 Å². The predicted molar refractivity (Wildman–Crippen MR) is 80.9 cm³/mol. The van der Waals surface area contributed by atoms with Gasteiger partial charge in [0, 0.05) is 0 Å². The molecule has 0 saturated heterocycles. The summed E-state index contributed by atoms with van der Waals surface area (Å²) in [5.74, 6) is 0.637. The van der Waals surface area contributed by atoms with E-state index in [1.165, 1.54) is 11.1 Å². The van der Waals surface area contributed by atoms with Gasteiger partial charge in [-0.2, -0.15) is 0 Å². The van der Waals surface area contributed by atoms with E-state index in [1.54, 1.807) is 0 Å². The standard InChI is InChI=1S/C18H22O/c1-14(2)8-13-18(19)17-11-9-16(10-12-17)15-6-4-3-5-7-15/h3-7,9-12,14,18-19H,8,13H2,1-2H3. The minimum atomic E-state index is -0.341. The molecule has 0 aromatic heterocycles. The molecule has 0 amide bonds. The van der Waals surface area contributed by atoms with Crippen molar-refractivity contribution in [3.05, 3.63) is 60.2 Å². The fraction of sp³-hybridized carbons (Fsp3) is 0.333. The minimum absolute atomic E-state index is 0.341. The van der Waals surface area contributed by atoms with Crippen LogP contribution in [0, 0.1) is 5.92 Å². The summed E-state index contributed by atoms with van der Waals surface area (Å²) < 4.78 is 0. The minimum Gasteiger partial charge on any atom is -0.388 e. The van der Waals surface area contributed by atoms with Gasteiger partial charge in [-0.05, 0) is 35.4 Å². The van der Waals surface area contributed by atoms with Crippen LogP contribution in [-0.2, 0) is 0 Å². The molecule has 0 spiro atoms. The van der Waals surface area contributed by atoms with Crippen LogP contribution in [0.25, 0.3) is 11.1 Å². The monoisotopic (exact) mass is 254 g/mol. The Morgan fingerprint density at radius 2 is 1.37 bits per heavy atom. The zero-order chi connectivity index (χ0) is 13.7. The van der Waals surface area contributed by atoms with Crippen molar-refractivity contribution in [2.24, 2.45) is 5.92 Å². The van der Waals surface area contributed by atoms with Gasteiger partial charge >= 0.3 is 0 Å². The fourth-order valence-electron chi connectivity index (χ4n) is 2.19. The highest BCUT2D eigenvalue weighted by molar-refractivity contribution is 5.63. The van der Waals surface area contributed by atoms with Gasteiger partial charge in [0.1, 0.15) is 0 Å². The van der Waals surface area contributed by atoms with Crippen LogP contribution in [0.3, 0.4) is 0 Å². The highest BCUT2D eigenvalue weighted by atomic mass is 16.3. The van der Waals surface area contributed by atoms with Crippen LogP contribution in [0.1, 0.15) is 38.4 Å². The summed E-state index contributed by atoms with van der Waals surface area (Å²) in [4.78, 5) is 0. The van der Waals surface area contributed by atoms with Crippen molar-refractivity contribution >= 4 is 0 Å². The molecule has 1 atom stereocenters. The maximum absolute atomic E-state index is 10.1. The van der Waals surface area contributed by atoms with E-state index in [-0.39, 0.29) is 6.10 Å². The maximum Gasteiger partial charge on any atom is 0.0790 e. The lowest BCUT2D eigenvalue weighted by Gasteiger charge is -2.13. The first-order valence-electron chi connectivity index (χ1n) is 7.00. The number of benzene rings is 2. The van der Waals surface area contributed by atoms with Gasteiger partial charge in [0.15, 0.2) is 0 Å². The van der Waals surface area contributed by atoms with E-state index >= 15 is 0 Å². The second kappa shape index (κ2) is 6.53. The van der Waals surface area contributed by atoms with Crippen LogP contribution in [0.15, 0.2) is 54.6 Å². The third-order valence-corrected chi connectivity index (χ3v) is 3.42. The fourth-order valence-corrected chi connectivity index (χ4v) is 2.19. The molecule has 0 heterocycles. The molecular formula is C18H22O. The van der Waals surface area contributed by atoms with E-state index in [2.05, 4.69) is 38.1 Å². The molecule has 0 radical (unpaired) electrons. The van der Waals surface area contributed by atoms with E-state index in [9.17, 15) is 5.11 Å². The topological polar surface area (TPSA) is 20.2 Å². The summed E-state index contributed by atoms with van der Waals surface area (Å²) in [6, 6.07) is 18.6. The lowest BCUT2D eigenvalue weighted by Crippen LogP contribution is -1.99. The molecule has 0 aliphatic carbocycles. The van der Waals surface area contributed by atoms with Gasteiger partial charge in [-0.15, -0.1) is 0 Å². The molecule has 0 aliphatic heterocycles. The van der Waals surface area contributed by atoms with Gasteiger partial charge in [-0.1, -0.05) is 68.4 Å². The van der Waals surface area contributed by atoms with E-state index in [0.29, 0.717) is 5.92 Å². The summed E-state index contributed by atoms with van der Waals surface area (Å²) in [6.45, 7) is 4.37. The van der Waals surface area contributed by atoms with Gasteiger partial charge in [0.2, 0.25) is 0 Å². The Morgan fingerprint density at radius 3 is 1.95 bits per heavy atom. The van der Waals surface area contributed by atoms with Gasteiger partial charge in [-0.3, -0.25) is 0 Å². The van der Waals surface area contributed by atoms with Gasteiger partial charge < -0.3 is 5.11 Å². The van der Waals surface area contributed by atoms with E-state index < -0.39 is 0 Å². The lowest BCUT2D eigenvalue weighted by atomic mass is 9.97. The van der Waals surface area contributed by atoms with Crippen molar-refractivity contribution in [3.63, 3.8) is 0 Å². The zero-order valence-electron chi connectivity index (χ0n) is 11.7. The second-order valence-corrected chi connectivity index (χ2v) is 5.48. The van der Waals surface area contributed by atoms with Crippen LogP contribution in [0.5, 0.6) is 0 Å². The van der Waals surface area contributed by atoms with E-state index in [1.807, 2.05) is 30.3 Å². The zero-order valence-corrected chi connectivity index (χ0v) is 11.7. The van der Waals surface area contributed by atoms with Crippen molar-refractivity contribution < 1.29 is 5.11 Å². The van der Waals surface area contributed by atoms with Crippen LogP contribution in [0.4, 0.5) is 0 Å². The molecule has 2 aromatic carbocycles. The Balaban J connectivity index is 2.06. The Hall–Kier alpha value is -1.60. The number of hydrogen-bond donors (Lipinski definition) is 1. The third-order valence-electron chi connectivity index (χ3n) is 3.42. The van der Waals surface area contributed by atoms with Crippen molar-refractivity contribution in [1.82, 2.24) is 0 Å². The lowest BCUT2D eigenvalue weighted by molar-refractivity contribution is 0.159. The Morgan fingerprint density at radius 1 is 0.789 bits per heavy atom. The molecule has 100 valence electrons. The first-order valence-corrected chi connectivity index (χ1v) is 7.00. The SMILES string of the molecule is CC(C)CCC(O)c1ccc(-c2ccccc2)cc1. The average molecular weight is 254 g/mol. The summed E-state index contributed by atoms with van der Waals surface area (Å²) in [5.41, 5.74) is 3.42. The molecule has 2 rings (SSSR count). The quantitative estimate of drug-likeness (QED) is 0.810. The molecule has 0 bridgehead atoms. The first kappa shape index (κ1) is 13.8. The predicted octanol–water partition coefficient (Wildman–Crippen LogP) is 4.82. The van der Waals surface area contributed by atoms with Gasteiger partial charge in [0.25, 0.3) is 0 Å². The molecule has 0 saturated carbocycles. The molecular weight excluding hydrogens is 232 g/mol.